The number of carbonyl (C=O) groups is 11. The van der Waals surface area contributed by atoms with Crippen molar-refractivity contribution < 1.29 is 57.5 Å². The lowest BCUT2D eigenvalue weighted by molar-refractivity contribution is -0.158. The van der Waals surface area contributed by atoms with Gasteiger partial charge in [0.05, 0.1) is 19.3 Å². The quantitative estimate of drug-likeness (QED) is 0.126. The van der Waals surface area contributed by atoms with Crippen LogP contribution in [-0.4, -0.2) is 228 Å². The molecule has 0 bridgehead atoms. The molecule has 1 rings (SSSR count). The van der Waals surface area contributed by atoms with Gasteiger partial charge in [-0.25, -0.2) is 0 Å². The summed E-state index contributed by atoms with van der Waals surface area (Å²) in [6, 6.07) is -12.0. The number of ether oxygens (including phenoxy) is 1. The van der Waals surface area contributed by atoms with Crippen LogP contribution in [0.1, 0.15) is 163 Å². The Bertz CT molecular complexity index is 2430. The maximum absolute atomic E-state index is 15.4. The third kappa shape index (κ3) is 23.4. The van der Waals surface area contributed by atoms with Crippen LogP contribution in [0, 0.1) is 41.4 Å². The smallest absolute Gasteiger partial charge is 0.246 e. The van der Waals surface area contributed by atoms with E-state index in [2.05, 4.69) is 27.8 Å². The van der Waals surface area contributed by atoms with Gasteiger partial charge < -0.3 is 60.3 Å². The fourth-order valence-corrected chi connectivity index (χ4v) is 11.2. The molecule has 508 valence electrons. The fourth-order valence-electron chi connectivity index (χ4n) is 11.2. The molecule has 12 atom stereocenters. The molecular formula is C66H117N11O12. The summed E-state index contributed by atoms with van der Waals surface area (Å²) in [6.45, 7) is 33.8. The predicted molar refractivity (Wildman–Crippen MR) is 347 cm³/mol. The Morgan fingerprint density at radius 3 is 1.45 bits per heavy atom. The highest BCUT2D eigenvalue weighted by molar-refractivity contribution is 5.99. The third-order valence-electron chi connectivity index (χ3n) is 16.8. The van der Waals surface area contributed by atoms with E-state index < -0.39 is 156 Å². The van der Waals surface area contributed by atoms with Crippen molar-refractivity contribution in [3.8, 4) is 0 Å². The van der Waals surface area contributed by atoms with Crippen LogP contribution in [-0.2, 0) is 57.5 Å². The average Bonchev–Trinajstić information content (AvgIpc) is 3.61. The number of hydrogen-bond donors (Lipinski definition) is 4. The summed E-state index contributed by atoms with van der Waals surface area (Å²) in [6.07, 6.45) is 5.93. The molecule has 23 nitrogen and oxygen atoms in total. The van der Waals surface area contributed by atoms with E-state index in [9.17, 15) is 33.6 Å². The minimum absolute atomic E-state index is 0.0154. The molecule has 11 amide bonds. The average molecular weight is 1260 g/mol. The van der Waals surface area contributed by atoms with Gasteiger partial charge in [0, 0.05) is 49.3 Å². The molecule has 0 aromatic rings. The Kier molecular flexibility index (Phi) is 34.1. The first-order valence-electron chi connectivity index (χ1n) is 32.1. The number of rotatable bonds is 19. The summed E-state index contributed by atoms with van der Waals surface area (Å²) < 4.78 is 6.39. The minimum atomic E-state index is -1.42. The van der Waals surface area contributed by atoms with Crippen LogP contribution in [0.3, 0.4) is 0 Å². The summed E-state index contributed by atoms with van der Waals surface area (Å²) in [5, 5.41) is 11.2. The van der Waals surface area contributed by atoms with Crippen molar-refractivity contribution >= 4 is 65.0 Å². The van der Waals surface area contributed by atoms with Crippen molar-refractivity contribution in [1.82, 2.24) is 55.6 Å². The van der Waals surface area contributed by atoms with Crippen LogP contribution in [0.25, 0.3) is 0 Å². The maximum Gasteiger partial charge on any atom is 0.246 e. The van der Waals surface area contributed by atoms with Gasteiger partial charge >= 0.3 is 0 Å². The molecule has 0 aromatic carbocycles. The van der Waals surface area contributed by atoms with E-state index in [4.69, 9.17) is 4.74 Å². The van der Waals surface area contributed by atoms with Crippen molar-refractivity contribution in [2.45, 2.75) is 229 Å². The van der Waals surface area contributed by atoms with Crippen molar-refractivity contribution in [1.29, 1.82) is 0 Å². The van der Waals surface area contributed by atoms with Gasteiger partial charge in [0.25, 0.3) is 0 Å². The monoisotopic (exact) mass is 1260 g/mol. The number of nitrogens with one attached hydrogen (secondary N) is 4. The molecule has 0 aliphatic carbocycles. The van der Waals surface area contributed by atoms with Crippen LogP contribution < -0.4 is 21.3 Å². The zero-order valence-corrected chi connectivity index (χ0v) is 58.7. The molecule has 4 N–H and O–H groups in total. The number of carbonyl (C=O) groups excluding carboxylic acids is 11. The SMILES string of the molecule is C=CCO[C@H]([C@H](C)C/C=C/C)[C@H]1C(=O)N[C@@H](CC)C(=O)N(C)CC(=O)N(C)[C@@H](CC(C)C)C(=O)N[C@H](C(C)C)C(=O)N(C)[C@H](CCC(C)C)C(=O)N[C@H](C)C(=O)N[C@@H](C)C(=O)N(C)[C@H](CC(C)C)C(=O)N(C)[C@H](CC(C)C)C(=O)N(C)[C@H](C(C)C)C(=O)N1C. The summed E-state index contributed by atoms with van der Waals surface area (Å²) in [7, 11) is 10.2. The number of nitrogens with zero attached hydrogens (tertiary/aromatic N) is 7. The molecule has 1 saturated heterocycles. The van der Waals surface area contributed by atoms with Crippen molar-refractivity contribution in [3.05, 3.63) is 24.8 Å². The lowest BCUT2D eigenvalue weighted by atomic mass is 9.91. The first kappa shape index (κ1) is 80.6. The second-order valence-electron chi connectivity index (χ2n) is 27.0. The first-order valence-corrected chi connectivity index (χ1v) is 32.1. The van der Waals surface area contributed by atoms with Gasteiger partial charge in [0.15, 0.2) is 0 Å². The summed E-state index contributed by atoms with van der Waals surface area (Å²) in [5.41, 5.74) is 0. The van der Waals surface area contributed by atoms with Crippen LogP contribution in [0.4, 0.5) is 0 Å². The largest absolute Gasteiger partial charge is 0.371 e. The molecule has 0 saturated carbocycles. The molecule has 1 aliphatic rings. The van der Waals surface area contributed by atoms with E-state index in [1.165, 1.54) is 98.7 Å². The fraction of sp³-hybridized carbons (Fsp3) is 0.773. The lowest BCUT2D eigenvalue weighted by Gasteiger charge is -2.42. The van der Waals surface area contributed by atoms with Gasteiger partial charge in [-0.2, -0.15) is 0 Å². The van der Waals surface area contributed by atoms with E-state index in [0.717, 1.165) is 4.90 Å². The summed E-state index contributed by atoms with van der Waals surface area (Å²) in [4.78, 5) is 171. The van der Waals surface area contributed by atoms with Crippen LogP contribution in [0.5, 0.6) is 0 Å². The van der Waals surface area contributed by atoms with Gasteiger partial charge in [0.2, 0.25) is 65.0 Å². The Hall–Kier alpha value is -6.39. The molecule has 1 aliphatic heterocycles. The Morgan fingerprint density at radius 1 is 0.506 bits per heavy atom. The van der Waals surface area contributed by atoms with E-state index >= 15 is 19.2 Å². The highest BCUT2D eigenvalue weighted by Gasteiger charge is 2.46. The predicted octanol–water partition coefficient (Wildman–Crippen LogP) is 4.87. The van der Waals surface area contributed by atoms with Gasteiger partial charge in [-0.3, -0.25) is 52.7 Å². The normalized spacial score (nSPS) is 26.2. The van der Waals surface area contributed by atoms with Crippen LogP contribution >= 0.6 is 0 Å². The van der Waals surface area contributed by atoms with E-state index in [0.29, 0.717) is 12.8 Å². The standard InChI is InChI=1S/C66H117N11O12/c1-26-29-30-44(16)56(89-33-27-2)55-60(82)69-47(28-3)62(84)71(19)37-52(78)72(20)49(34-39(6)7)59(81)70-53(42(12)13)65(87)73(21)48(32-31-38(4)5)58(80)67-45(17)57(79)68-46(18)61(83)74(22)50(35-40(8)9)63(85)75(23)51(36-41(10)11)64(86)76(24)54(43(14)15)66(88)77(55)25/h26-27,29,38-51,53-56H,2,28,30-37H2,1,3-25H3,(H,67,80)(H,68,79)(H,69,82)(H,70,81)/b29-26+/t44-,45-,46+,47+,48-,49+,50-,51-,53-,54-,55+,56-/m1/s1. The number of amides is 11. The molecule has 23 heteroatoms. The lowest BCUT2D eigenvalue weighted by Crippen LogP contribution is -2.64. The van der Waals surface area contributed by atoms with E-state index in [1.54, 1.807) is 34.6 Å². The topological polar surface area (TPSA) is 268 Å². The highest BCUT2D eigenvalue weighted by Crippen LogP contribution is 2.27. The molecular weight excluding hydrogens is 1140 g/mol. The van der Waals surface area contributed by atoms with Gasteiger partial charge in [0.1, 0.15) is 60.4 Å². The highest BCUT2D eigenvalue weighted by atomic mass is 16.5. The number of hydrogen-bond acceptors (Lipinski definition) is 12. The second kappa shape index (κ2) is 37.7. The molecule has 0 radical (unpaired) electrons. The molecule has 0 unspecified atom stereocenters. The van der Waals surface area contributed by atoms with Crippen molar-refractivity contribution in [2.75, 3.05) is 62.5 Å². The Balaban J connectivity index is 4.43. The van der Waals surface area contributed by atoms with E-state index in [-0.39, 0.29) is 62.4 Å². The van der Waals surface area contributed by atoms with Crippen LogP contribution in [0.15, 0.2) is 24.8 Å². The summed E-state index contributed by atoms with van der Waals surface area (Å²) in [5.74, 6) is -8.88. The Morgan fingerprint density at radius 2 is 0.978 bits per heavy atom. The molecule has 1 fully saturated rings. The third-order valence-corrected chi connectivity index (χ3v) is 16.8. The van der Waals surface area contributed by atoms with Crippen molar-refractivity contribution in [3.63, 3.8) is 0 Å². The van der Waals surface area contributed by atoms with Gasteiger partial charge in [-0.15, -0.1) is 6.58 Å². The zero-order chi connectivity index (χ0) is 68.8. The maximum atomic E-state index is 15.4. The minimum Gasteiger partial charge on any atom is -0.371 e. The van der Waals surface area contributed by atoms with Gasteiger partial charge in [-0.1, -0.05) is 115 Å². The van der Waals surface area contributed by atoms with Gasteiger partial charge in [-0.05, 0) is 107 Å². The van der Waals surface area contributed by atoms with E-state index in [1.807, 2.05) is 81.4 Å². The molecule has 89 heavy (non-hydrogen) atoms. The Labute approximate surface area is 533 Å². The number of likely N-dealkylation sites (N-methyl/N-ethyl adjacent to an activating group) is 7. The molecule has 1 heterocycles. The first-order chi connectivity index (χ1) is 41.2. The van der Waals surface area contributed by atoms with Crippen molar-refractivity contribution in [2.24, 2.45) is 41.4 Å². The van der Waals surface area contributed by atoms with Crippen LogP contribution in [0.2, 0.25) is 0 Å². The second-order valence-corrected chi connectivity index (χ2v) is 27.0. The summed E-state index contributed by atoms with van der Waals surface area (Å²) >= 11 is 0. The molecule has 0 aromatic heterocycles. The molecule has 0 spiro atoms. The zero-order valence-electron chi connectivity index (χ0n) is 58.7. The number of allylic oxidation sites excluding steroid dienone is 2.